The van der Waals surface area contributed by atoms with Crippen LogP contribution in [0.15, 0.2) is 0 Å². The maximum absolute atomic E-state index is 12.4. The summed E-state index contributed by atoms with van der Waals surface area (Å²) in [6.45, 7) is 5.41. The Balaban J connectivity index is 3.53. The average Bonchev–Trinajstić information content (AvgIpc) is 2.80. The van der Waals surface area contributed by atoms with E-state index in [1.165, 1.54) is 89.9 Å². The van der Waals surface area contributed by atoms with Crippen molar-refractivity contribution in [3.8, 4) is 0 Å². The largest absolute Gasteiger partial charge is 0.354 e. The summed E-state index contributed by atoms with van der Waals surface area (Å²) in [6, 6.07) is -0.421. The van der Waals surface area contributed by atoms with Gasteiger partial charge >= 0.3 is 0 Å². The Morgan fingerprint density at radius 3 is 1.56 bits per heavy atom. The summed E-state index contributed by atoms with van der Waals surface area (Å²) in [6.07, 6.45) is 24.4. The van der Waals surface area contributed by atoms with Crippen LogP contribution in [0.1, 0.15) is 142 Å². The van der Waals surface area contributed by atoms with Gasteiger partial charge in [-0.1, -0.05) is 110 Å². The van der Waals surface area contributed by atoms with Gasteiger partial charge in [0.25, 0.3) is 0 Å². The van der Waals surface area contributed by atoms with Gasteiger partial charge in [-0.25, -0.2) is 0 Å². The number of nitrogens with two attached hydrogens (primary N) is 1. The van der Waals surface area contributed by atoms with E-state index in [4.69, 9.17) is 5.73 Å². The molecule has 190 valence electrons. The molecular formula is C27H55N3O2. The summed E-state index contributed by atoms with van der Waals surface area (Å²) >= 11 is 0. The van der Waals surface area contributed by atoms with Gasteiger partial charge in [-0.15, -0.1) is 0 Å². The minimum absolute atomic E-state index is 0.0511. The SMILES string of the molecule is CCCCCCCCCCCCCCCCCCNC(=O)C(CCCCN)NC(=O)CC. The Bertz CT molecular complexity index is 429. The Morgan fingerprint density at radius 2 is 1.12 bits per heavy atom. The number of carbonyl (C=O) groups is 2. The summed E-state index contributed by atoms with van der Waals surface area (Å²) in [5, 5.41) is 5.84. The molecule has 32 heavy (non-hydrogen) atoms. The van der Waals surface area contributed by atoms with E-state index in [-0.39, 0.29) is 11.8 Å². The molecule has 0 fully saturated rings. The fourth-order valence-electron chi connectivity index (χ4n) is 4.07. The third kappa shape index (κ3) is 20.8. The normalized spacial score (nSPS) is 12.0. The molecular weight excluding hydrogens is 398 g/mol. The number of rotatable bonds is 24. The van der Waals surface area contributed by atoms with Gasteiger partial charge in [0, 0.05) is 13.0 Å². The Hall–Kier alpha value is -1.10. The minimum atomic E-state index is -0.421. The summed E-state index contributed by atoms with van der Waals surface area (Å²) < 4.78 is 0. The van der Waals surface area contributed by atoms with Crippen LogP contribution in [-0.2, 0) is 9.59 Å². The highest BCUT2D eigenvalue weighted by Crippen LogP contribution is 2.13. The lowest BCUT2D eigenvalue weighted by atomic mass is 10.0. The van der Waals surface area contributed by atoms with Crippen molar-refractivity contribution in [2.45, 2.75) is 148 Å². The van der Waals surface area contributed by atoms with E-state index in [0.29, 0.717) is 25.9 Å². The molecule has 0 spiro atoms. The first kappa shape index (κ1) is 30.9. The van der Waals surface area contributed by atoms with Crippen molar-refractivity contribution >= 4 is 11.8 Å². The van der Waals surface area contributed by atoms with E-state index < -0.39 is 6.04 Å². The molecule has 5 heteroatoms. The van der Waals surface area contributed by atoms with Crippen LogP contribution in [0, 0.1) is 0 Å². The van der Waals surface area contributed by atoms with Crippen molar-refractivity contribution in [1.82, 2.24) is 10.6 Å². The second kappa shape index (κ2) is 24.5. The van der Waals surface area contributed by atoms with E-state index in [9.17, 15) is 9.59 Å². The fraction of sp³-hybridized carbons (Fsp3) is 0.926. The lowest BCUT2D eigenvalue weighted by Gasteiger charge is -2.18. The smallest absolute Gasteiger partial charge is 0.242 e. The van der Waals surface area contributed by atoms with Gasteiger partial charge in [0.15, 0.2) is 0 Å². The van der Waals surface area contributed by atoms with Crippen molar-refractivity contribution in [2.24, 2.45) is 5.73 Å². The first-order valence-electron chi connectivity index (χ1n) is 13.9. The van der Waals surface area contributed by atoms with E-state index in [1.807, 2.05) is 0 Å². The van der Waals surface area contributed by atoms with Crippen LogP contribution in [0.5, 0.6) is 0 Å². The zero-order valence-electron chi connectivity index (χ0n) is 21.5. The molecule has 1 unspecified atom stereocenters. The van der Waals surface area contributed by atoms with Crippen molar-refractivity contribution in [3.05, 3.63) is 0 Å². The zero-order valence-corrected chi connectivity index (χ0v) is 21.5. The van der Waals surface area contributed by atoms with Crippen LogP contribution in [0.2, 0.25) is 0 Å². The summed E-state index contributed by atoms with van der Waals surface area (Å²) in [7, 11) is 0. The lowest BCUT2D eigenvalue weighted by Crippen LogP contribution is -2.46. The van der Waals surface area contributed by atoms with E-state index in [0.717, 1.165) is 25.7 Å². The van der Waals surface area contributed by atoms with Crippen LogP contribution >= 0.6 is 0 Å². The van der Waals surface area contributed by atoms with Crippen molar-refractivity contribution < 1.29 is 9.59 Å². The minimum Gasteiger partial charge on any atom is -0.354 e. The molecule has 0 aliphatic rings. The van der Waals surface area contributed by atoms with Crippen LogP contribution in [0.3, 0.4) is 0 Å². The number of amides is 2. The number of nitrogens with one attached hydrogen (secondary N) is 2. The van der Waals surface area contributed by atoms with Gasteiger partial charge < -0.3 is 16.4 Å². The van der Waals surface area contributed by atoms with Gasteiger partial charge in [0.1, 0.15) is 6.04 Å². The molecule has 0 saturated heterocycles. The standard InChI is InChI=1S/C27H55N3O2/c1-3-5-6-7-8-9-10-11-12-13-14-15-16-17-18-21-24-29-27(32)25(22-19-20-23-28)30-26(31)4-2/h25H,3-24,28H2,1-2H3,(H,29,32)(H,30,31). The third-order valence-electron chi connectivity index (χ3n) is 6.25. The highest BCUT2D eigenvalue weighted by Gasteiger charge is 2.19. The first-order valence-corrected chi connectivity index (χ1v) is 13.9. The lowest BCUT2D eigenvalue weighted by molar-refractivity contribution is -0.129. The maximum atomic E-state index is 12.4. The molecule has 0 saturated carbocycles. The summed E-state index contributed by atoms with van der Waals surface area (Å²) in [4.78, 5) is 24.1. The van der Waals surface area contributed by atoms with Gasteiger partial charge in [0.2, 0.25) is 11.8 Å². The van der Waals surface area contributed by atoms with Crippen molar-refractivity contribution in [3.63, 3.8) is 0 Å². The third-order valence-corrected chi connectivity index (χ3v) is 6.25. The topological polar surface area (TPSA) is 84.2 Å². The van der Waals surface area contributed by atoms with Gasteiger partial charge in [0.05, 0.1) is 0 Å². The second-order valence-corrected chi connectivity index (χ2v) is 9.35. The number of hydrogen-bond acceptors (Lipinski definition) is 3. The van der Waals surface area contributed by atoms with Gasteiger partial charge in [-0.3, -0.25) is 9.59 Å². The number of carbonyl (C=O) groups excluding carboxylic acids is 2. The molecule has 0 aromatic heterocycles. The molecule has 0 bridgehead atoms. The summed E-state index contributed by atoms with van der Waals surface area (Å²) in [5.74, 6) is -0.120. The van der Waals surface area contributed by atoms with Crippen LogP contribution in [0.25, 0.3) is 0 Å². The number of hydrogen-bond donors (Lipinski definition) is 3. The molecule has 0 rings (SSSR count). The molecule has 4 N–H and O–H groups in total. The Labute approximate surface area is 199 Å². The predicted molar refractivity (Wildman–Crippen MR) is 138 cm³/mol. The van der Waals surface area contributed by atoms with Crippen molar-refractivity contribution in [1.29, 1.82) is 0 Å². The van der Waals surface area contributed by atoms with Gasteiger partial charge in [-0.05, 0) is 32.2 Å². The van der Waals surface area contributed by atoms with E-state index in [1.54, 1.807) is 6.92 Å². The molecule has 1 atom stereocenters. The van der Waals surface area contributed by atoms with E-state index >= 15 is 0 Å². The van der Waals surface area contributed by atoms with Crippen LogP contribution < -0.4 is 16.4 Å². The first-order chi connectivity index (χ1) is 15.7. The highest BCUT2D eigenvalue weighted by molar-refractivity contribution is 5.87. The summed E-state index contributed by atoms with van der Waals surface area (Å²) in [5.41, 5.74) is 5.54. The van der Waals surface area contributed by atoms with Crippen LogP contribution in [0.4, 0.5) is 0 Å². The second-order valence-electron chi connectivity index (χ2n) is 9.35. The maximum Gasteiger partial charge on any atom is 0.242 e. The molecule has 0 aliphatic heterocycles. The Morgan fingerprint density at radius 1 is 0.656 bits per heavy atom. The molecule has 0 aromatic carbocycles. The quantitative estimate of drug-likeness (QED) is 0.148. The average molecular weight is 454 g/mol. The van der Waals surface area contributed by atoms with Crippen molar-refractivity contribution in [2.75, 3.05) is 13.1 Å². The molecule has 5 nitrogen and oxygen atoms in total. The predicted octanol–water partition coefficient (Wildman–Crippen LogP) is 6.39. The van der Waals surface area contributed by atoms with E-state index in [2.05, 4.69) is 17.6 Å². The highest BCUT2D eigenvalue weighted by atomic mass is 16.2. The van der Waals surface area contributed by atoms with Crippen LogP contribution in [-0.4, -0.2) is 30.9 Å². The monoisotopic (exact) mass is 453 g/mol. The molecule has 2 amide bonds. The molecule has 0 radical (unpaired) electrons. The molecule has 0 aliphatic carbocycles. The zero-order chi connectivity index (χ0) is 23.7. The fourth-order valence-corrected chi connectivity index (χ4v) is 4.07. The van der Waals surface area contributed by atoms with Gasteiger partial charge in [-0.2, -0.15) is 0 Å². The molecule has 0 heterocycles. The molecule has 0 aromatic rings. The Kier molecular flexibility index (Phi) is 23.7. The number of unbranched alkanes of at least 4 members (excludes halogenated alkanes) is 16.